The van der Waals surface area contributed by atoms with Crippen LogP contribution in [0.2, 0.25) is 0 Å². The Balaban J connectivity index is 2.24. The molecule has 1 aromatic rings. The molecule has 0 radical (unpaired) electrons. The van der Waals surface area contributed by atoms with Crippen molar-refractivity contribution in [1.29, 1.82) is 0 Å². The standard InChI is InChI=1S/C15H20BrN3O2/c1-3-18-14(20)13-9-17-6-7-19(13)15(21)11-5-4-10(2)8-12(11)16/h4-5,8,13,17H,3,6-7,9H2,1-2H3,(H,18,20). The number of nitrogens with one attached hydrogen (secondary N) is 2. The molecule has 6 heteroatoms. The van der Waals surface area contributed by atoms with Crippen molar-refractivity contribution in [2.24, 2.45) is 0 Å². The van der Waals surface area contributed by atoms with Crippen LogP contribution in [0.4, 0.5) is 0 Å². The van der Waals surface area contributed by atoms with Crippen molar-refractivity contribution in [3.8, 4) is 0 Å². The lowest BCUT2D eigenvalue weighted by Crippen LogP contribution is -2.59. The molecule has 0 spiro atoms. The molecule has 1 saturated heterocycles. The number of halogens is 1. The van der Waals surface area contributed by atoms with E-state index in [0.29, 0.717) is 31.7 Å². The second kappa shape index (κ2) is 7.04. The van der Waals surface area contributed by atoms with Gasteiger partial charge in [0.2, 0.25) is 5.91 Å². The largest absolute Gasteiger partial charge is 0.355 e. The molecule has 114 valence electrons. The molecule has 0 aromatic heterocycles. The Labute approximate surface area is 133 Å². The molecular formula is C15H20BrN3O2. The molecule has 0 aliphatic carbocycles. The monoisotopic (exact) mass is 353 g/mol. The van der Waals surface area contributed by atoms with Crippen molar-refractivity contribution >= 4 is 27.7 Å². The minimum atomic E-state index is -0.459. The van der Waals surface area contributed by atoms with Crippen molar-refractivity contribution in [2.75, 3.05) is 26.2 Å². The highest BCUT2D eigenvalue weighted by molar-refractivity contribution is 9.10. The number of nitrogens with zero attached hydrogens (tertiary/aromatic N) is 1. The van der Waals surface area contributed by atoms with Gasteiger partial charge in [-0.1, -0.05) is 6.07 Å². The van der Waals surface area contributed by atoms with Crippen LogP contribution in [-0.2, 0) is 4.79 Å². The molecule has 2 N–H and O–H groups in total. The highest BCUT2D eigenvalue weighted by Crippen LogP contribution is 2.21. The van der Waals surface area contributed by atoms with E-state index in [1.165, 1.54) is 0 Å². The maximum absolute atomic E-state index is 12.7. The van der Waals surface area contributed by atoms with Crippen LogP contribution >= 0.6 is 15.9 Å². The van der Waals surface area contributed by atoms with E-state index in [-0.39, 0.29) is 11.8 Å². The summed E-state index contributed by atoms with van der Waals surface area (Å²) in [6.45, 7) is 6.12. The first kappa shape index (κ1) is 16.0. The molecule has 1 aliphatic rings. The summed E-state index contributed by atoms with van der Waals surface area (Å²) in [5.74, 6) is -0.221. The Kier molecular flexibility index (Phi) is 5.36. The van der Waals surface area contributed by atoms with Gasteiger partial charge in [0, 0.05) is 30.7 Å². The van der Waals surface area contributed by atoms with Gasteiger partial charge in [-0.15, -0.1) is 0 Å². The van der Waals surface area contributed by atoms with Gasteiger partial charge in [0.1, 0.15) is 6.04 Å². The Hall–Kier alpha value is -1.40. The number of piperazine rings is 1. The summed E-state index contributed by atoms with van der Waals surface area (Å²) < 4.78 is 0.765. The van der Waals surface area contributed by atoms with Gasteiger partial charge >= 0.3 is 0 Å². The predicted octanol–water partition coefficient (Wildman–Crippen LogP) is 1.31. The van der Waals surface area contributed by atoms with Gasteiger partial charge in [0.05, 0.1) is 5.56 Å². The zero-order valence-corrected chi connectivity index (χ0v) is 13.9. The molecule has 2 amide bonds. The number of benzene rings is 1. The summed E-state index contributed by atoms with van der Waals surface area (Å²) >= 11 is 3.44. The Morgan fingerprint density at radius 3 is 2.90 bits per heavy atom. The van der Waals surface area contributed by atoms with Crippen LogP contribution in [0, 0.1) is 6.92 Å². The molecule has 1 unspecified atom stereocenters. The first-order valence-electron chi connectivity index (χ1n) is 7.10. The van der Waals surface area contributed by atoms with Gasteiger partial charge in [-0.05, 0) is 47.5 Å². The fourth-order valence-electron chi connectivity index (χ4n) is 2.42. The maximum Gasteiger partial charge on any atom is 0.255 e. The van der Waals surface area contributed by atoms with Crippen molar-refractivity contribution in [2.45, 2.75) is 19.9 Å². The Bertz CT molecular complexity index is 548. The first-order chi connectivity index (χ1) is 10.0. The van der Waals surface area contributed by atoms with E-state index >= 15 is 0 Å². The van der Waals surface area contributed by atoms with Crippen LogP contribution in [0.1, 0.15) is 22.8 Å². The van der Waals surface area contributed by atoms with Gasteiger partial charge in [0.25, 0.3) is 5.91 Å². The molecule has 1 aromatic carbocycles. The molecule has 1 heterocycles. The van der Waals surface area contributed by atoms with E-state index in [1.54, 1.807) is 11.0 Å². The summed E-state index contributed by atoms with van der Waals surface area (Å²) in [7, 11) is 0. The first-order valence-corrected chi connectivity index (χ1v) is 7.89. The van der Waals surface area contributed by atoms with E-state index in [0.717, 1.165) is 10.0 Å². The zero-order valence-electron chi connectivity index (χ0n) is 12.3. The summed E-state index contributed by atoms with van der Waals surface area (Å²) in [5.41, 5.74) is 1.68. The molecule has 5 nitrogen and oxygen atoms in total. The third kappa shape index (κ3) is 3.63. The number of amides is 2. The normalized spacial score (nSPS) is 18.4. The van der Waals surface area contributed by atoms with Crippen molar-refractivity contribution < 1.29 is 9.59 Å². The molecule has 1 aliphatic heterocycles. The predicted molar refractivity (Wildman–Crippen MR) is 85.3 cm³/mol. The fraction of sp³-hybridized carbons (Fsp3) is 0.467. The number of hydrogen-bond acceptors (Lipinski definition) is 3. The maximum atomic E-state index is 12.7. The van der Waals surface area contributed by atoms with E-state index < -0.39 is 6.04 Å². The number of hydrogen-bond donors (Lipinski definition) is 2. The molecule has 2 rings (SSSR count). The minimum Gasteiger partial charge on any atom is -0.355 e. The second-order valence-electron chi connectivity index (χ2n) is 5.10. The van der Waals surface area contributed by atoms with Crippen molar-refractivity contribution in [3.05, 3.63) is 33.8 Å². The van der Waals surface area contributed by atoms with Gasteiger partial charge in [-0.25, -0.2) is 0 Å². The molecular weight excluding hydrogens is 334 g/mol. The summed E-state index contributed by atoms with van der Waals surface area (Å²) in [4.78, 5) is 26.5. The van der Waals surface area contributed by atoms with E-state index in [2.05, 4.69) is 26.6 Å². The topological polar surface area (TPSA) is 61.4 Å². The van der Waals surface area contributed by atoms with Crippen molar-refractivity contribution in [1.82, 2.24) is 15.5 Å². The number of rotatable bonds is 3. The summed E-state index contributed by atoms with van der Waals surface area (Å²) in [6, 6.07) is 5.16. The molecule has 21 heavy (non-hydrogen) atoms. The number of carbonyl (C=O) groups excluding carboxylic acids is 2. The van der Waals surface area contributed by atoms with E-state index in [9.17, 15) is 9.59 Å². The average molecular weight is 354 g/mol. The lowest BCUT2D eigenvalue weighted by Gasteiger charge is -2.35. The molecule has 1 fully saturated rings. The van der Waals surface area contributed by atoms with Crippen LogP contribution < -0.4 is 10.6 Å². The number of aryl methyl sites for hydroxylation is 1. The van der Waals surface area contributed by atoms with Crippen LogP contribution in [0.3, 0.4) is 0 Å². The zero-order chi connectivity index (χ0) is 15.4. The van der Waals surface area contributed by atoms with Gasteiger partial charge in [-0.2, -0.15) is 0 Å². The van der Waals surface area contributed by atoms with Crippen LogP contribution in [0.25, 0.3) is 0 Å². The number of likely N-dealkylation sites (N-methyl/N-ethyl adjacent to an activating group) is 1. The highest BCUT2D eigenvalue weighted by atomic mass is 79.9. The molecule has 0 saturated carbocycles. The Morgan fingerprint density at radius 2 is 2.24 bits per heavy atom. The third-order valence-electron chi connectivity index (χ3n) is 3.51. The van der Waals surface area contributed by atoms with Gasteiger partial charge < -0.3 is 15.5 Å². The van der Waals surface area contributed by atoms with Crippen LogP contribution in [0.5, 0.6) is 0 Å². The smallest absolute Gasteiger partial charge is 0.255 e. The lowest BCUT2D eigenvalue weighted by molar-refractivity contribution is -0.126. The quantitative estimate of drug-likeness (QED) is 0.861. The van der Waals surface area contributed by atoms with E-state index in [4.69, 9.17) is 0 Å². The van der Waals surface area contributed by atoms with Crippen LogP contribution in [0.15, 0.2) is 22.7 Å². The lowest BCUT2D eigenvalue weighted by atomic mass is 10.1. The van der Waals surface area contributed by atoms with E-state index in [1.807, 2.05) is 26.0 Å². The van der Waals surface area contributed by atoms with Gasteiger partial charge in [0.15, 0.2) is 0 Å². The fourth-order valence-corrected chi connectivity index (χ4v) is 3.08. The summed E-state index contributed by atoms with van der Waals surface area (Å²) in [6.07, 6.45) is 0. The van der Waals surface area contributed by atoms with Crippen molar-refractivity contribution in [3.63, 3.8) is 0 Å². The number of carbonyl (C=O) groups is 2. The highest BCUT2D eigenvalue weighted by Gasteiger charge is 2.32. The Morgan fingerprint density at radius 1 is 1.48 bits per heavy atom. The van der Waals surface area contributed by atoms with Crippen LogP contribution in [-0.4, -0.2) is 48.9 Å². The minimum absolute atomic E-state index is 0.110. The van der Waals surface area contributed by atoms with Gasteiger partial charge in [-0.3, -0.25) is 9.59 Å². The molecule has 0 bridgehead atoms. The third-order valence-corrected chi connectivity index (χ3v) is 4.17. The molecule has 1 atom stereocenters. The summed E-state index contributed by atoms with van der Waals surface area (Å²) in [5, 5.41) is 5.96. The second-order valence-corrected chi connectivity index (χ2v) is 5.95. The SMILES string of the molecule is CCNC(=O)C1CNCCN1C(=O)c1ccc(C)cc1Br. The average Bonchev–Trinajstić information content (AvgIpc) is 2.47.